The van der Waals surface area contributed by atoms with Crippen molar-refractivity contribution in [3.63, 3.8) is 0 Å². The van der Waals surface area contributed by atoms with Crippen LogP contribution in [0.1, 0.15) is 22.5 Å². The lowest BCUT2D eigenvalue weighted by Gasteiger charge is -2.12. The quantitative estimate of drug-likeness (QED) is 0.873. The number of nitrogens with zero attached hydrogens (tertiary/aromatic N) is 2. The van der Waals surface area contributed by atoms with Crippen molar-refractivity contribution in [1.29, 1.82) is 0 Å². The minimum atomic E-state index is -2.97. The smallest absolute Gasteiger partial charge is 0.274 e. The maximum Gasteiger partial charge on any atom is 0.274 e. The number of sulfone groups is 1. The summed E-state index contributed by atoms with van der Waals surface area (Å²) in [6, 6.07) is 8.81. The Morgan fingerprint density at radius 3 is 2.79 bits per heavy atom. The highest BCUT2D eigenvalue weighted by Crippen LogP contribution is 2.17. The molecule has 0 bridgehead atoms. The molecule has 2 heterocycles. The van der Waals surface area contributed by atoms with Crippen molar-refractivity contribution >= 4 is 27.2 Å². The number of benzene rings is 1. The average molecular weight is 346 g/mol. The molecular formula is C16H18N4O3S. The number of nitrogens with one attached hydrogen (secondary N) is 2. The van der Waals surface area contributed by atoms with Crippen molar-refractivity contribution < 1.29 is 13.2 Å². The van der Waals surface area contributed by atoms with E-state index in [0.717, 1.165) is 5.56 Å². The van der Waals surface area contributed by atoms with Gasteiger partial charge in [-0.15, -0.1) is 0 Å². The fourth-order valence-corrected chi connectivity index (χ4v) is 4.27. The van der Waals surface area contributed by atoms with Gasteiger partial charge < -0.3 is 10.6 Å². The summed E-state index contributed by atoms with van der Waals surface area (Å²) in [7, 11) is -2.97. The highest BCUT2D eigenvalue weighted by molar-refractivity contribution is 7.91. The summed E-state index contributed by atoms with van der Waals surface area (Å²) in [5.41, 5.74) is 1.95. The van der Waals surface area contributed by atoms with Crippen LogP contribution >= 0.6 is 0 Å². The van der Waals surface area contributed by atoms with Crippen LogP contribution in [0.3, 0.4) is 0 Å². The van der Waals surface area contributed by atoms with Crippen molar-refractivity contribution in [3.8, 4) is 0 Å². The van der Waals surface area contributed by atoms with Crippen LogP contribution in [-0.4, -0.2) is 41.8 Å². The Bertz CT molecular complexity index is 867. The highest BCUT2D eigenvalue weighted by atomic mass is 32.2. The van der Waals surface area contributed by atoms with Crippen LogP contribution in [0.5, 0.6) is 0 Å². The van der Waals surface area contributed by atoms with Crippen LogP contribution in [0.2, 0.25) is 0 Å². The summed E-state index contributed by atoms with van der Waals surface area (Å²) >= 11 is 0. The molecule has 7 nitrogen and oxygen atoms in total. The lowest BCUT2D eigenvalue weighted by atomic mass is 10.2. The third kappa shape index (κ3) is 4.08. The van der Waals surface area contributed by atoms with Gasteiger partial charge in [-0.1, -0.05) is 12.1 Å². The van der Waals surface area contributed by atoms with Crippen molar-refractivity contribution in [2.24, 2.45) is 0 Å². The molecule has 0 spiro atoms. The SMILES string of the molecule is Cc1cccc(NC(=O)c2cc(NC3CCS(=O)(=O)C3)ncn2)c1. The lowest BCUT2D eigenvalue weighted by molar-refractivity contribution is 0.102. The third-order valence-corrected chi connectivity index (χ3v) is 5.53. The van der Waals surface area contributed by atoms with Crippen LogP contribution in [0.15, 0.2) is 36.7 Å². The molecule has 1 aliphatic rings. The maximum absolute atomic E-state index is 12.3. The molecule has 3 rings (SSSR count). The van der Waals surface area contributed by atoms with Crippen LogP contribution in [0.4, 0.5) is 11.5 Å². The molecule has 1 fully saturated rings. The van der Waals surface area contributed by atoms with E-state index in [2.05, 4.69) is 20.6 Å². The van der Waals surface area contributed by atoms with Crippen molar-refractivity contribution in [2.75, 3.05) is 22.1 Å². The van der Waals surface area contributed by atoms with Crippen LogP contribution in [-0.2, 0) is 9.84 Å². The number of carbonyl (C=O) groups excluding carboxylic acids is 1. The number of amides is 1. The van der Waals surface area contributed by atoms with Crippen LogP contribution < -0.4 is 10.6 Å². The molecular weight excluding hydrogens is 328 g/mol. The van der Waals surface area contributed by atoms with E-state index in [1.807, 2.05) is 25.1 Å². The number of rotatable bonds is 4. The van der Waals surface area contributed by atoms with E-state index in [9.17, 15) is 13.2 Å². The second-order valence-corrected chi connectivity index (χ2v) is 8.09. The van der Waals surface area contributed by atoms with Gasteiger partial charge >= 0.3 is 0 Å². The Morgan fingerprint density at radius 2 is 2.08 bits per heavy atom. The van der Waals surface area contributed by atoms with Gasteiger partial charge in [-0.05, 0) is 31.0 Å². The zero-order valence-electron chi connectivity index (χ0n) is 13.2. The minimum Gasteiger partial charge on any atom is -0.366 e. The summed E-state index contributed by atoms with van der Waals surface area (Å²) < 4.78 is 23.0. The van der Waals surface area contributed by atoms with Gasteiger partial charge in [0.25, 0.3) is 5.91 Å². The predicted octanol–water partition coefficient (Wildman–Crippen LogP) is 1.64. The molecule has 1 aliphatic heterocycles. The molecule has 1 saturated heterocycles. The second-order valence-electron chi connectivity index (χ2n) is 5.86. The Kier molecular flexibility index (Phi) is 4.48. The highest BCUT2D eigenvalue weighted by Gasteiger charge is 2.28. The molecule has 0 aliphatic carbocycles. The topological polar surface area (TPSA) is 101 Å². The zero-order valence-corrected chi connectivity index (χ0v) is 14.0. The summed E-state index contributed by atoms with van der Waals surface area (Å²) in [4.78, 5) is 20.3. The first-order valence-electron chi connectivity index (χ1n) is 7.58. The van der Waals surface area contributed by atoms with Gasteiger partial charge in [0, 0.05) is 17.8 Å². The molecule has 0 radical (unpaired) electrons. The van der Waals surface area contributed by atoms with Gasteiger partial charge in [0.15, 0.2) is 9.84 Å². The normalized spacial score (nSPS) is 19.0. The Labute approximate surface area is 140 Å². The third-order valence-electron chi connectivity index (χ3n) is 3.76. The summed E-state index contributed by atoms with van der Waals surface area (Å²) in [5.74, 6) is 0.365. The zero-order chi connectivity index (χ0) is 17.2. The van der Waals surface area contributed by atoms with E-state index < -0.39 is 9.84 Å². The maximum atomic E-state index is 12.3. The van der Waals surface area contributed by atoms with Gasteiger partial charge in [-0.2, -0.15) is 0 Å². The number of anilines is 2. The molecule has 1 unspecified atom stereocenters. The number of aromatic nitrogens is 2. The fraction of sp³-hybridized carbons (Fsp3) is 0.312. The second kappa shape index (κ2) is 6.56. The standard InChI is InChI=1S/C16H18N4O3S/c1-11-3-2-4-12(7-11)20-16(21)14-8-15(18-10-17-14)19-13-5-6-24(22,23)9-13/h2-4,7-8,10,13H,5-6,9H2,1H3,(H,20,21)(H,17,18,19). The van der Waals surface area contributed by atoms with Gasteiger partial charge in [0.2, 0.25) is 0 Å². The van der Waals surface area contributed by atoms with Crippen molar-refractivity contribution in [2.45, 2.75) is 19.4 Å². The molecule has 1 amide bonds. The van der Waals surface area contributed by atoms with Gasteiger partial charge in [0.05, 0.1) is 11.5 Å². The molecule has 1 aromatic heterocycles. The largest absolute Gasteiger partial charge is 0.366 e. The molecule has 126 valence electrons. The number of aryl methyl sites for hydroxylation is 1. The van der Waals surface area contributed by atoms with Gasteiger partial charge in [-0.25, -0.2) is 18.4 Å². The molecule has 0 saturated carbocycles. The molecule has 1 aromatic carbocycles. The predicted molar refractivity (Wildman–Crippen MR) is 91.8 cm³/mol. The van der Waals surface area contributed by atoms with E-state index >= 15 is 0 Å². The summed E-state index contributed by atoms with van der Waals surface area (Å²) in [5, 5.41) is 5.83. The Hall–Kier alpha value is -2.48. The molecule has 2 N–H and O–H groups in total. The number of carbonyl (C=O) groups is 1. The summed E-state index contributed by atoms with van der Waals surface area (Å²) in [6.45, 7) is 1.94. The number of hydrogen-bond donors (Lipinski definition) is 2. The Morgan fingerprint density at radius 1 is 1.25 bits per heavy atom. The average Bonchev–Trinajstić information content (AvgIpc) is 2.86. The molecule has 8 heteroatoms. The monoisotopic (exact) mass is 346 g/mol. The minimum absolute atomic E-state index is 0.0851. The molecule has 2 aromatic rings. The fourth-order valence-electron chi connectivity index (χ4n) is 2.60. The first-order valence-corrected chi connectivity index (χ1v) is 9.40. The Balaban J connectivity index is 1.69. The van der Waals surface area contributed by atoms with Gasteiger partial charge in [-0.3, -0.25) is 4.79 Å². The first kappa shape index (κ1) is 16.4. The number of hydrogen-bond acceptors (Lipinski definition) is 6. The van der Waals surface area contributed by atoms with E-state index in [1.165, 1.54) is 12.4 Å². The van der Waals surface area contributed by atoms with Crippen molar-refractivity contribution in [3.05, 3.63) is 47.9 Å². The van der Waals surface area contributed by atoms with E-state index in [-0.39, 0.29) is 29.1 Å². The van der Waals surface area contributed by atoms with E-state index in [4.69, 9.17) is 0 Å². The lowest BCUT2D eigenvalue weighted by Crippen LogP contribution is -2.22. The van der Waals surface area contributed by atoms with Crippen molar-refractivity contribution in [1.82, 2.24) is 9.97 Å². The van der Waals surface area contributed by atoms with E-state index in [1.54, 1.807) is 6.07 Å². The van der Waals surface area contributed by atoms with Crippen LogP contribution in [0.25, 0.3) is 0 Å². The van der Waals surface area contributed by atoms with Crippen LogP contribution in [0, 0.1) is 6.92 Å². The summed E-state index contributed by atoms with van der Waals surface area (Å²) in [6.07, 6.45) is 1.83. The molecule has 24 heavy (non-hydrogen) atoms. The molecule has 1 atom stereocenters. The first-order chi connectivity index (χ1) is 11.4. The van der Waals surface area contributed by atoms with E-state index in [0.29, 0.717) is 17.9 Å². The van der Waals surface area contributed by atoms with Gasteiger partial charge in [0.1, 0.15) is 17.8 Å².